The van der Waals surface area contributed by atoms with E-state index < -0.39 is 5.60 Å². The van der Waals surface area contributed by atoms with Crippen molar-refractivity contribution >= 4 is 11.7 Å². The van der Waals surface area contributed by atoms with Crippen molar-refractivity contribution in [3.05, 3.63) is 29.8 Å². The molecule has 0 aliphatic carbocycles. The SMILES string of the molecule is C[C@@]1(O)CCN(C(=O)NCc2ccccc2N2CCOCC2)C1. The van der Waals surface area contributed by atoms with E-state index in [1.165, 1.54) is 0 Å². The van der Waals surface area contributed by atoms with Gasteiger partial charge in [-0.3, -0.25) is 0 Å². The smallest absolute Gasteiger partial charge is 0.317 e. The number of ether oxygens (including phenoxy) is 1. The van der Waals surface area contributed by atoms with E-state index in [2.05, 4.69) is 16.3 Å². The average molecular weight is 319 g/mol. The molecule has 2 heterocycles. The van der Waals surface area contributed by atoms with E-state index in [1.54, 1.807) is 11.8 Å². The standard InChI is InChI=1S/C17H25N3O3/c1-17(22)6-7-20(13-17)16(21)18-12-14-4-2-3-5-15(14)19-8-10-23-11-9-19/h2-5,22H,6-13H2,1H3,(H,18,21)/t17-/m1/s1. The molecule has 2 N–H and O–H groups in total. The Morgan fingerprint density at radius 3 is 2.74 bits per heavy atom. The summed E-state index contributed by atoms with van der Waals surface area (Å²) in [4.78, 5) is 16.2. The van der Waals surface area contributed by atoms with Crippen molar-refractivity contribution in [2.45, 2.75) is 25.5 Å². The number of hydrogen-bond donors (Lipinski definition) is 2. The number of β-amino-alcohol motifs (C(OH)–C–C–N with tert-alkyl or cyclic N) is 1. The highest BCUT2D eigenvalue weighted by atomic mass is 16.5. The third-order valence-electron chi connectivity index (χ3n) is 4.51. The predicted molar refractivity (Wildman–Crippen MR) is 88.5 cm³/mol. The number of urea groups is 1. The number of rotatable bonds is 3. The molecule has 0 unspecified atom stereocenters. The van der Waals surface area contributed by atoms with Crippen molar-refractivity contribution in [1.29, 1.82) is 0 Å². The number of para-hydroxylation sites is 1. The predicted octanol–water partition coefficient (Wildman–Crippen LogP) is 1.19. The maximum atomic E-state index is 12.3. The molecule has 23 heavy (non-hydrogen) atoms. The van der Waals surface area contributed by atoms with Gasteiger partial charge in [0.25, 0.3) is 0 Å². The number of carbonyl (C=O) groups excluding carboxylic acids is 1. The van der Waals surface area contributed by atoms with Crippen LogP contribution in [0.3, 0.4) is 0 Å². The maximum Gasteiger partial charge on any atom is 0.317 e. The highest BCUT2D eigenvalue weighted by Gasteiger charge is 2.33. The number of amides is 2. The van der Waals surface area contributed by atoms with Gasteiger partial charge in [0.1, 0.15) is 0 Å². The number of aliphatic hydroxyl groups is 1. The van der Waals surface area contributed by atoms with Crippen molar-refractivity contribution in [3.63, 3.8) is 0 Å². The maximum absolute atomic E-state index is 12.3. The van der Waals surface area contributed by atoms with E-state index in [0.29, 0.717) is 26.1 Å². The molecule has 1 atom stereocenters. The molecular formula is C17H25N3O3. The first-order valence-corrected chi connectivity index (χ1v) is 8.21. The van der Waals surface area contributed by atoms with Gasteiger partial charge in [-0.15, -0.1) is 0 Å². The Kier molecular flexibility index (Phi) is 4.73. The average Bonchev–Trinajstić information content (AvgIpc) is 2.94. The lowest BCUT2D eigenvalue weighted by Gasteiger charge is -2.30. The Hall–Kier alpha value is -1.79. The minimum absolute atomic E-state index is 0.112. The van der Waals surface area contributed by atoms with E-state index in [-0.39, 0.29) is 6.03 Å². The number of hydrogen-bond acceptors (Lipinski definition) is 4. The highest BCUT2D eigenvalue weighted by molar-refractivity contribution is 5.75. The molecule has 2 aliphatic heterocycles. The summed E-state index contributed by atoms with van der Waals surface area (Å²) in [6.45, 7) is 6.49. The number of nitrogens with zero attached hydrogens (tertiary/aromatic N) is 2. The van der Waals surface area contributed by atoms with Crippen LogP contribution in [0, 0.1) is 0 Å². The normalized spacial score (nSPS) is 24.8. The number of morpholine rings is 1. The Bertz CT molecular complexity index is 556. The topological polar surface area (TPSA) is 65.0 Å². The van der Waals surface area contributed by atoms with Crippen molar-refractivity contribution in [2.75, 3.05) is 44.3 Å². The van der Waals surface area contributed by atoms with Gasteiger partial charge in [0.05, 0.1) is 25.4 Å². The summed E-state index contributed by atoms with van der Waals surface area (Å²) in [5.74, 6) is 0. The molecule has 1 aromatic carbocycles. The second kappa shape index (κ2) is 6.76. The molecule has 2 fully saturated rings. The lowest BCUT2D eigenvalue weighted by molar-refractivity contribution is 0.0719. The first kappa shape index (κ1) is 16.1. The van der Waals surface area contributed by atoms with Crippen LogP contribution in [0.4, 0.5) is 10.5 Å². The largest absolute Gasteiger partial charge is 0.388 e. The zero-order valence-corrected chi connectivity index (χ0v) is 13.6. The van der Waals surface area contributed by atoms with Gasteiger partial charge in [0, 0.05) is 31.9 Å². The van der Waals surface area contributed by atoms with Crippen LogP contribution >= 0.6 is 0 Å². The van der Waals surface area contributed by atoms with Crippen LogP contribution in [0.25, 0.3) is 0 Å². The molecule has 2 saturated heterocycles. The van der Waals surface area contributed by atoms with Crippen LogP contribution in [0.15, 0.2) is 24.3 Å². The number of anilines is 1. The van der Waals surface area contributed by atoms with Crippen LogP contribution in [0.5, 0.6) is 0 Å². The summed E-state index contributed by atoms with van der Waals surface area (Å²) in [5, 5.41) is 12.9. The molecule has 2 aliphatic rings. The number of nitrogens with one attached hydrogen (secondary N) is 1. The first-order chi connectivity index (χ1) is 11.1. The van der Waals surface area contributed by atoms with Crippen molar-refractivity contribution in [2.24, 2.45) is 0 Å². The number of benzene rings is 1. The van der Waals surface area contributed by atoms with Gasteiger partial charge >= 0.3 is 6.03 Å². The van der Waals surface area contributed by atoms with Crippen LogP contribution in [0.1, 0.15) is 18.9 Å². The lowest BCUT2D eigenvalue weighted by Crippen LogP contribution is -2.41. The van der Waals surface area contributed by atoms with Crippen molar-refractivity contribution < 1.29 is 14.6 Å². The fourth-order valence-corrected chi connectivity index (χ4v) is 3.17. The quantitative estimate of drug-likeness (QED) is 0.878. The molecule has 3 rings (SSSR count). The molecular weight excluding hydrogens is 294 g/mol. The number of carbonyl (C=O) groups is 1. The van der Waals surface area contributed by atoms with Crippen LogP contribution in [-0.2, 0) is 11.3 Å². The van der Waals surface area contributed by atoms with E-state index >= 15 is 0 Å². The van der Waals surface area contributed by atoms with E-state index in [1.807, 2.05) is 18.2 Å². The fraction of sp³-hybridized carbons (Fsp3) is 0.588. The molecule has 0 radical (unpaired) electrons. The molecule has 1 aromatic rings. The summed E-state index contributed by atoms with van der Waals surface area (Å²) < 4.78 is 5.40. The molecule has 2 amide bonds. The zero-order chi connectivity index (χ0) is 16.3. The third kappa shape index (κ3) is 3.95. The van der Waals surface area contributed by atoms with Gasteiger partial charge in [0.2, 0.25) is 0 Å². The summed E-state index contributed by atoms with van der Waals surface area (Å²) in [6, 6.07) is 8.04. The van der Waals surface area contributed by atoms with Gasteiger partial charge in [-0.1, -0.05) is 18.2 Å². The summed E-state index contributed by atoms with van der Waals surface area (Å²) >= 11 is 0. The van der Waals surface area contributed by atoms with Crippen LogP contribution in [0.2, 0.25) is 0 Å². The second-order valence-electron chi connectivity index (χ2n) is 6.56. The zero-order valence-electron chi connectivity index (χ0n) is 13.6. The Balaban J connectivity index is 1.61. The first-order valence-electron chi connectivity index (χ1n) is 8.21. The fourth-order valence-electron chi connectivity index (χ4n) is 3.17. The van der Waals surface area contributed by atoms with Gasteiger partial charge in [-0.25, -0.2) is 4.79 Å². The van der Waals surface area contributed by atoms with Crippen molar-refractivity contribution in [1.82, 2.24) is 10.2 Å². The van der Waals surface area contributed by atoms with E-state index in [9.17, 15) is 9.90 Å². The monoisotopic (exact) mass is 319 g/mol. The van der Waals surface area contributed by atoms with Gasteiger partial charge < -0.3 is 25.0 Å². The Morgan fingerprint density at radius 1 is 1.30 bits per heavy atom. The Morgan fingerprint density at radius 2 is 2.04 bits per heavy atom. The number of likely N-dealkylation sites (tertiary alicyclic amines) is 1. The lowest BCUT2D eigenvalue weighted by atomic mass is 10.1. The molecule has 0 spiro atoms. The summed E-state index contributed by atoms with van der Waals surface area (Å²) in [6.07, 6.45) is 0.630. The minimum Gasteiger partial charge on any atom is -0.388 e. The Labute approximate surface area is 137 Å². The second-order valence-corrected chi connectivity index (χ2v) is 6.56. The van der Waals surface area contributed by atoms with Gasteiger partial charge in [0.15, 0.2) is 0 Å². The molecule has 0 bridgehead atoms. The molecule has 126 valence electrons. The van der Waals surface area contributed by atoms with E-state index in [4.69, 9.17) is 4.74 Å². The highest BCUT2D eigenvalue weighted by Crippen LogP contribution is 2.22. The molecule has 0 saturated carbocycles. The summed E-state index contributed by atoms with van der Waals surface area (Å²) in [5.41, 5.74) is 1.50. The van der Waals surface area contributed by atoms with Gasteiger partial charge in [-0.05, 0) is 25.0 Å². The van der Waals surface area contributed by atoms with Crippen LogP contribution < -0.4 is 10.2 Å². The summed E-state index contributed by atoms with van der Waals surface area (Å²) in [7, 11) is 0. The minimum atomic E-state index is -0.761. The third-order valence-corrected chi connectivity index (χ3v) is 4.51. The molecule has 6 nitrogen and oxygen atoms in total. The van der Waals surface area contributed by atoms with Crippen molar-refractivity contribution in [3.8, 4) is 0 Å². The van der Waals surface area contributed by atoms with Crippen LogP contribution in [-0.4, -0.2) is 61.0 Å². The molecule has 0 aromatic heterocycles. The van der Waals surface area contributed by atoms with E-state index in [0.717, 1.165) is 37.6 Å². The van der Waals surface area contributed by atoms with Gasteiger partial charge in [-0.2, -0.15) is 0 Å². The molecule has 6 heteroatoms.